The number of imidazole rings is 1. The number of rotatable bonds is 8. The molecule has 1 aliphatic rings. The van der Waals surface area contributed by atoms with Crippen molar-refractivity contribution >= 4 is 29.2 Å². The van der Waals surface area contributed by atoms with Gasteiger partial charge in [0.2, 0.25) is 5.95 Å². The van der Waals surface area contributed by atoms with Crippen molar-refractivity contribution in [2.24, 2.45) is 0 Å². The molecule has 0 N–H and O–H groups in total. The summed E-state index contributed by atoms with van der Waals surface area (Å²) >= 11 is 0. The number of aromatic nitrogens is 6. The fourth-order valence-corrected chi connectivity index (χ4v) is 4.22. The number of ether oxygens (including phenoxy) is 2. The summed E-state index contributed by atoms with van der Waals surface area (Å²) in [4.78, 5) is 38.6. The predicted molar refractivity (Wildman–Crippen MR) is 136 cm³/mol. The van der Waals surface area contributed by atoms with Crippen LogP contribution in [0.15, 0.2) is 36.7 Å². The van der Waals surface area contributed by atoms with Gasteiger partial charge in [-0.3, -0.25) is 4.79 Å². The van der Waals surface area contributed by atoms with Crippen LogP contribution in [-0.2, 0) is 17.8 Å². The Kier molecular flexibility index (Phi) is 6.72. The molecule has 0 radical (unpaired) electrons. The number of carbonyl (C=O) groups is 1. The van der Waals surface area contributed by atoms with E-state index in [9.17, 15) is 4.79 Å². The van der Waals surface area contributed by atoms with Crippen molar-refractivity contribution in [2.75, 3.05) is 50.3 Å². The van der Waals surface area contributed by atoms with E-state index in [0.29, 0.717) is 43.6 Å². The molecule has 4 heterocycles. The molecule has 11 heteroatoms. The lowest BCUT2D eigenvalue weighted by molar-refractivity contribution is 0.112. The van der Waals surface area contributed by atoms with Gasteiger partial charge in [0.05, 0.1) is 32.4 Å². The van der Waals surface area contributed by atoms with Gasteiger partial charge in [0.1, 0.15) is 11.6 Å². The van der Waals surface area contributed by atoms with Crippen molar-refractivity contribution in [3.63, 3.8) is 0 Å². The third-order valence-corrected chi connectivity index (χ3v) is 6.14. The van der Waals surface area contributed by atoms with Crippen LogP contribution in [0.1, 0.15) is 23.1 Å². The summed E-state index contributed by atoms with van der Waals surface area (Å²) in [6.07, 6.45) is 3.75. The number of morpholine rings is 1. The second-order valence-electron chi connectivity index (χ2n) is 8.43. The smallest absolute Gasteiger partial charge is 0.225 e. The molecule has 0 spiro atoms. The first-order valence-electron chi connectivity index (χ1n) is 11.8. The van der Waals surface area contributed by atoms with Crippen molar-refractivity contribution in [1.29, 1.82) is 0 Å². The van der Waals surface area contributed by atoms with Crippen molar-refractivity contribution in [3.8, 4) is 17.1 Å². The number of benzene rings is 1. The molecule has 11 nitrogen and oxygen atoms in total. The highest BCUT2D eigenvalue weighted by Crippen LogP contribution is 2.30. The normalized spacial score (nSPS) is 13.7. The molecule has 1 aromatic carbocycles. The standard InChI is InChI=1S/C25H28N8O3/c1-4-33-20(15-31(2)25-26-13-17(16-34)14-27-25)28-21-23(32-9-11-36-12-10-32)29-22(30-24(21)33)18-5-7-19(35-3)8-6-18/h5-8,13-14,16H,4,9-12,15H2,1-3H3. The molecule has 1 fully saturated rings. The second-order valence-corrected chi connectivity index (χ2v) is 8.43. The Morgan fingerprint density at radius 1 is 1.08 bits per heavy atom. The number of carbonyl (C=O) groups excluding carboxylic acids is 1. The number of hydrogen-bond donors (Lipinski definition) is 0. The lowest BCUT2D eigenvalue weighted by Crippen LogP contribution is -2.37. The van der Waals surface area contributed by atoms with Gasteiger partial charge in [0.25, 0.3) is 0 Å². The zero-order valence-corrected chi connectivity index (χ0v) is 20.6. The van der Waals surface area contributed by atoms with Crippen molar-refractivity contribution in [2.45, 2.75) is 20.0 Å². The Balaban J connectivity index is 1.59. The molecule has 0 unspecified atom stereocenters. The van der Waals surface area contributed by atoms with Crippen LogP contribution in [0.3, 0.4) is 0 Å². The zero-order chi connectivity index (χ0) is 25.1. The molecular formula is C25H28N8O3. The van der Waals surface area contributed by atoms with Crippen molar-refractivity contribution < 1.29 is 14.3 Å². The van der Waals surface area contributed by atoms with Crippen molar-refractivity contribution in [3.05, 3.63) is 48.0 Å². The topological polar surface area (TPSA) is 111 Å². The average Bonchev–Trinajstić information content (AvgIpc) is 3.29. The summed E-state index contributed by atoms with van der Waals surface area (Å²) < 4.78 is 13.0. The monoisotopic (exact) mass is 488 g/mol. The van der Waals surface area contributed by atoms with Gasteiger partial charge in [0, 0.05) is 44.6 Å². The van der Waals surface area contributed by atoms with Crippen LogP contribution in [0.4, 0.5) is 11.8 Å². The first-order valence-corrected chi connectivity index (χ1v) is 11.8. The highest BCUT2D eigenvalue weighted by Gasteiger charge is 2.24. The third kappa shape index (κ3) is 4.57. The quantitative estimate of drug-likeness (QED) is 0.343. The van der Waals surface area contributed by atoms with Gasteiger partial charge in [-0.25, -0.2) is 24.9 Å². The molecule has 1 aliphatic heterocycles. The maximum Gasteiger partial charge on any atom is 0.225 e. The summed E-state index contributed by atoms with van der Waals surface area (Å²) in [6.45, 7) is 5.97. The maximum absolute atomic E-state index is 10.9. The van der Waals surface area contributed by atoms with E-state index in [4.69, 9.17) is 24.4 Å². The van der Waals surface area contributed by atoms with Crippen LogP contribution in [0.2, 0.25) is 0 Å². The summed E-state index contributed by atoms with van der Waals surface area (Å²) in [5.41, 5.74) is 2.87. The van der Waals surface area contributed by atoms with Gasteiger partial charge >= 0.3 is 0 Å². The molecular weight excluding hydrogens is 460 g/mol. The minimum atomic E-state index is 0.435. The average molecular weight is 489 g/mol. The Bertz CT molecular complexity index is 1350. The highest BCUT2D eigenvalue weighted by molar-refractivity contribution is 5.86. The molecule has 0 amide bonds. The van der Waals surface area contributed by atoms with Gasteiger partial charge in [-0.05, 0) is 31.2 Å². The lowest BCUT2D eigenvalue weighted by atomic mass is 10.2. The molecule has 5 rings (SSSR count). The van der Waals surface area contributed by atoms with E-state index >= 15 is 0 Å². The first kappa shape index (κ1) is 23.6. The predicted octanol–water partition coefficient (Wildman–Crippen LogP) is 2.60. The highest BCUT2D eigenvalue weighted by atomic mass is 16.5. The molecule has 1 saturated heterocycles. The van der Waals surface area contributed by atoms with Crippen LogP contribution in [0.25, 0.3) is 22.6 Å². The number of fused-ring (bicyclic) bond motifs is 1. The zero-order valence-electron chi connectivity index (χ0n) is 20.6. The Morgan fingerprint density at radius 2 is 1.81 bits per heavy atom. The van der Waals surface area contributed by atoms with Gasteiger partial charge in [-0.15, -0.1) is 0 Å². The van der Waals surface area contributed by atoms with Crippen LogP contribution in [0.5, 0.6) is 5.75 Å². The number of hydrogen-bond acceptors (Lipinski definition) is 10. The van der Waals surface area contributed by atoms with E-state index in [-0.39, 0.29) is 0 Å². The van der Waals surface area contributed by atoms with E-state index in [2.05, 4.69) is 26.4 Å². The minimum Gasteiger partial charge on any atom is -0.497 e. The van der Waals surface area contributed by atoms with E-state index in [1.165, 1.54) is 12.4 Å². The SMILES string of the molecule is CCn1c(CN(C)c2ncc(C=O)cn2)nc2c(N3CCOCC3)nc(-c3ccc(OC)cc3)nc21. The molecule has 0 bridgehead atoms. The van der Waals surface area contributed by atoms with Crippen LogP contribution < -0.4 is 14.5 Å². The van der Waals surface area contributed by atoms with E-state index in [1.54, 1.807) is 7.11 Å². The number of aldehydes is 1. The van der Waals surface area contributed by atoms with E-state index in [1.807, 2.05) is 36.2 Å². The molecule has 36 heavy (non-hydrogen) atoms. The van der Waals surface area contributed by atoms with Crippen LogP contribution in [0, 0.1) is 0 Å². The molecule has 3 aromatic heterocycles. The summed E-state index contributed by atoms with van der Waals surface area (Å²) in [5, 5.41) is 0. The molecule has 0 aliphatic carbocycles. The minimum absolute atomic E-state index is 0.435. The number of nitrogens with zero attached hydrogens (tertiary/aromatic N) is 8. The first-order chi connectivity index (χ1) is 17.6. The molecule has 0 atom stereocenters. The molecule has 186 valence electrons. The van der Waals surface area contributed by atoms with Gasteiger partial charge < -0.3 is 23.8 Å². The third-order valence-electron chi connectivity index (χ3n) is 6.14. The maximum atomic E-state index is 10.9. The Hall–Kier alpha value is -4.12. The fraction of sp³-hybridized carbons (Fsp3) is 0.360. The Labute approximate surface area is 208 Å². The van der Waals surface area contributed by atoms with Crippen LogP contribution >= 0.6 is 0 Å². The van der Waals surface area contributed by atoms with Gasteiger partial charge in [-0.1, -0.05) is 0 Å². The lowest BCUT2D eigenvalue weighted by Gasteiger charge is -2.28. The van der Waals surface area contributed by atoms with E-state index < -0.39 is 0 Å². The number of aryl methyl sites for hydroxylation is 1. The second kappa shape index (κ2) is 10.2. The van der Waals surface area contributed by atoms with Gasteiger partial charge in [-0.2, -0.15) is 0 Å². The summed E-state index contributed by atoms with van der Waals surface area (Å²) in [6, 6.07) is 7.74. The fourth-order valence-electron chi connectivity index (χ4n) is 4.22. The Morgan fingerprint density at radius 3 is 2.44 bits per heavy atom. The largest absolute Gasteiger partial charge is 0.497 e. The van der Waals surface area contributed by atoms with Crippen molar-refractivity contribution in [1.82, 2.24) is 29.5 Å². The van der Waals surface area contributed by atoms with Crippen LogP contribution in [-0.4, -0.2) is 76.2 Å². The number of anilines is 2. The molecule has 4 aromatic rings. The van der Waals surface area contributed by atoms with Gasteiger partial charge in [0.15, 0.2) is 29.1 Å². The molecule has 0 saturated carbocycles. The number of methoxy groups -OCH3 is 1. The summed E-state index contributed by atoms with van der Waals surface area (Å²) in [5.74, 6) is 3.55. The summed E-state index contributed by atoms with van der Waals surface area (Å²) in [7, 11) is 3.54. The van der Waals surface area contributed by atoms with E-state index in [0.717, 1.165) is 53.5 Å².